The molecule has 0 saturated carbocycles. The molecule has 0 aliphatic rings. The molecular weight excluding hydrogens is 206 g/mol. The van der Waals surface area contributed by atoms with Crippen LogP contribution in [0.2, 0.25) is 0 Å². The summed E-state index contributed by atoms with van der Waals surface area (Å²) in [6.45, 7) is 5.39. The minimum Gasteiger partial charge on any atom is -0.476 e. The van der Waals surface area contributed by atoms with E-state index in [0.29, 0.717) is 18.0 Å². The van der Waals surface area contributed by atoms with E-state index in [1.54, 1.807) is 6.33 Å². The van der Waals surface area contributed by atoms with Crippen molar-refractivity contribution < 1.29 is 4.74 Å². The van der Waals surface area contributed by atoms with E-state index in [-0.39, 0.29) is 5.95 Å². The monoisotopic (exact) mass is 221 g/mol. The number of ether oxygens (including phenoxy) is 1. The van der Waals surface area contributed by atoms with Gasteiger partial charge in [0.1, 0.15) is 0 Å². The zero-order valence-electron chi connectivity index (χ0n) is 9.47. The summed E-state index contributed by atoms with van der Waals surface area (Å²) in [6.07, 6.45) is 2.75. The van der Waals surface area contributed by atoms with Crippen LogP contribution in [0.1, 0.15) is 20.3 Å². The number of nitrogen functional groups attached to an aromatic ring is 1. The van der Waals surface area contributed by atoms with E-state index in [9.17, 15) is 0 Å². The zero-order chi connectivity index (χ0) is 11.5. The van der Waals surface area contributed by atoms with Crippen LogP contribution in [0.4, 0.5) is 5.95 Å². The predicted octanol–water partition coefficient (Wildman–Crippen LogP) is 1.22. The number of nitrogens with two attached hydrogens (primary N) is 1. The van der Waals surface area contributed by atoms with Crippen LogP contribution in [0.5, 0.6) is 5.88 Å². The number of hydrogen-bond acceptors (Lipinski definition) is 5. The van der Waals surface area contributed by atoms with Gasteiger partial charge in [-0.05, 0) is 13.3 Å². The summed E-state index contributed by atoms with van der Waals surface area (Å²) in [4.78, 5) is 12.5. The number of imidazole rings is 1. The van der Waals surface area contributed by atoms with Gasteiger partial charge in [0.25, 0.3) is 0 Å². The van der Waals surface area contributed by atoms with Crippen LogP contribution < -0.4 is 10.5 Å². The number of hydrogen-bond donors (Lipinski definition) is 1. The first-order valence-corrected chi connectivity index (χ1v) is 5.37. The van der Waals surface area contributed by atoms with Gasteiger partial charge in [-0.15, -0.1) is 0 Å². The van der Waals surface area contributed by atoms with Gasteiger partial charge in [-0.3, -0.25) is 0 Å². The van der Waals surface area contributed by atoms with Gasteiger partial charge >= 0.3 is 0 Å². The van der Waals surface area contributed by atoms with Crippen molar-refractivity contribution in [3.05, 3.63) is 6.33 Å². The lowest BCUT2D eigenvalue weighted by molar-refractivity contribution is 0.331. The SMILES string of the molecule is CCCn1cnc2c(OCC)nc(N)nc21. The highest BCUT2D eigenvalue weighted by atomic mass is 16.5. The number of anilines is 1. The third-order valence-electron chi connectivity index (χ3n) is 2.19. The first-order valence-electron chi connectivity index (χ1n) is 5.37. The van der Waals surface area contributed by atoms with Crippen molar-refractivity contribution >= 4 is 17.1 Å². The van der Waals surface area contributed by atoms with E-state index in [0.717, 1.165) is 18.6 Å². The summed E-state index contributed by atoms with van der Waals surface area (Å²) in [5.41, 5.74) is 7.04. The zero-order valence-corrected chi connectivity index (χ0v) is 9.47. The molecule has 86 valence electrons. The highest BCUT2D eigenvalue weighted by molar-refractivity contribution is 5.77. The highest BCUT2D eigenvalue weighted by Gasteiger charge is 2.12. The van der Waals surface area contributed by atoms with Crippen LogP contribution in [-0.2, 0) is 6.54 Å². The maximum absolute atomic E-state index is 5.64. The summed E-state index contributed by atoms with van der Waals surface area (Å²) < 4.78 is 7.34. The molecule has 2 aromatic rings. The van der Waals surface area contributed by atoms with Gasteiger partial charge in [-0.1, -0.05) is 6.92 Å². The van der Waals surface area contributed by atoms with Gasteiger partial charge < -0.3 is 15.0 Å². The Bertz CT molecular complexity index is 493. The molecule has 0 atom stereocenters. The number of aryl methyl sites for hydroxylation is 1. The molecule has 16 heavy (non-hydrogen) atoms. The summed E-state index contributed by atoms with van der Waals surface area (Å²) >= 11 is 0. The number of nitrogens with zero attached hydrogens (tertiary/aromatic N) is 4. The van der Waals surface area contributed by atoms with Gasteiger partial charge in [-0.25, -0.2) is 4.98 Å². The van der Waals surface area contributed by atoms with Crippen LogP contribution >= 0.6 is 0 Å². The number of aromatic nitrogens is 4. The lowest BCUT2D eigenvalue weighted by Gasteiger charge is -2.04. The number of fused-ring (bicyclic) bond motifs is 1. The van der Waals surface area contributed by atoms with Crippen LogP contribution in [0.25, 0.3) is 11.2 Å². The largest absolute Gasteiger partial charge is 0.476 e. The second-order valence-corrected chi connectivity index (χ2v) is 3.43. The molecule has 6 nitrogen and oxygen atoms in total. The van der Waals surface area contributed by atoms with Crippen LogP contribution in [0, 0.1) is 0 Å². The molecule has 0 bridgehead atoms. The third-order valence-corrected chi connectivity index (χ3v) is 2.19. The Morgan fingerprint density at radius 3 is 2.88 bits per heavy atom. The summed E-state index contributed by atoms with van der Waals surface area (Å²) in [6, 6.07) is 0. The Labute approximate surface area is 93.5 Å². The first kappa shape index (κ1) is 10.7. The third kappa shape index (κ3) is 1.78. The van der Waals surface area contributed by atoms with Gasteiger partial charge in [0.15, 0.2) is 11.2 Å². The molecule has 2 rings (SSSR count). The standard InChI is InChI=1S/C10H15N5O/c1-3-5-15-6-12-7-8(15)13-10(11)14-9(7)16-4-2/h6H,3-5H2,1-2H3,(H2,11,13,14). The van der Waals surface area contributed by atoms with Crippen molar-refractivity contribution in [2.24, 2.45) is 0 Å². The fraction of sp³-hybridized carbons (Fsp3) is 0.500. The molecule has 2 heterocycles. The maximum Gasteiger partial charge on any atom is 0.247 e. The fourth-order valence-electron chi connectivity index (χ4n) is 1.58. The van der Waals surface area contributed by atoms with Crippen molar-refractivity contribution in [3.8, 4) is 5.88 Å². The van der Waals surface area contributed by atoms with E-state index >= 15 is 0 Å². The second kappa shape index (κ2) is 4.34. The molecule has 0 saturated heterocycles. The Morgan fingerprint density at radius 2 is 2.19 bits per heavy atom. The molecule has 0 unspecified atom stereocenters. The van der Waals surface area contributed by atoms with E-state index in [2.05, 4.69) is 21.9 Å². The van der Waals surface area contributed by atoms with Crippen molar-refractivity contribution in [1.82, 2.24) is 19.5 Å². The van der Waals surface area contributed by atoms with Crippen molar-refractivity contribution in [3.63, 3.8) is 0 Å². The van der Waals surface area contributed by atoms with E-state index in [4.69, 9.17) is 10.5 Å². The summed E-state index contributed by atoms with van der Waals surface area (Å²) in [5.74, 6) is 0.675. The second-order valence-electron chi connectivity index (χ2n) is 3.43. The Balaban J connectivity index is 2.56. The van der Waals surface area contributed by atoms with Crippen molar-refractivity contribution in [1.29, 1.82) is 0 Å². The quantitative estimate of drug-likeness (QED) is 0.839. The van der Waals surface area contributed by atoms with Gasteiger partial charge in [0.05, 0.1) is 12.9 Å². The molecule has 0 amide bonds. The van der Waals surface area contributed by atoms with E-state index in [1.807, 2.05) is 11.5 Å². The highest BCUT2D eigenvalue weighted by Crippen LogP contribution is 2.21. The first-order chi connectivity index (χ1) is 7.76. The fourth-order valence-corrected chi connectivity index (χ4v) is 1.58. The topological polar surface area (TPSA) is 78.8 Å². The average Bonchev–Trinajstić information content (AvgIpc) is 2.63. The van der Waals surface area contributed by atoms with E-state index in [1.165, 1.54) is 0 Å². The molecular formula is C10H15N5O. The summed E-state index contributed by atoms with van der Waals surface area (Å²) in [7, 11) is 0. The van der Waals surface area contributed by atoms with Crippen LogP contribution in [-0.4, -0.2) is 26.1 Å². The molecule has 0 aliphatic heterocycles. The number of rotatable bonds is 4. The normalized spacial score (nSPS) is 10.9. The molecule has 0 radical (unpaired) electrons. The Kier molecular flexibility index (Phi) is 2.89. The van der Waals surface area contributed by atoms with Gasteiger partial charge in [-0.2, -0.15) is 9.97 Å². The molecule has 0 aliphatic carbocycles. The van der Waals surface area contributed by atoms with Crippen molar-refractivity contribution in [2.45, 2.75) is 26.8 Å². The molecule has 6 heteroatoms. The van der Waals surface area contributed by atoms with Gasteiger partial charge in [0, 0.05) is 6.54 Å². The van der Waals surface area contributed by atoms with E-state index < -0.39 is 0 Å². The Morgan fingerprint density at radius 1 is 1.38 bits per heavy atom. The summed E-state index contributed by atoms with van der Waals surface area (Å²) in [5, 5.41) is 0. The lowest BCUT2D eigenvalue weighted by Crippen LogP contribution is -2.03. The van der Waals surface area contributed by atoms with Crippen LogP contribution in [0.3, 0.4) is 0 Å². The lowest BCUT2D eigenvalue weighted by atomic mass is 10.4. The molecule has 0 spiro atoms. The minimum absolute atomic E-state index is 0.216. The van der Waals surface area contributed by atoms with Crippen LogP contribution in [0.15, 0.2) is 6.33 Å². The van der Waals surface area contributed by atoms with Gasteiger partial charge in [0.2, 0.25) is 11.8 Å². The molecule has 0 fully saturated rings. The molecule has 2 aromatic heterocycles. The molecule has 0 aromatic carbocycles. The van der Waals surface area contributed by atoms with Crippen molar-refractivity contribution in [2.75, 3.05) is 12.3 Å². The maximum atomic E-state index is 5.64. The average molecular weight is 221 g/mol. The predicted molar refractivity (Wildman–Crippen MR) is 61.2 cm³/mol. The Hall–Kier alpha value is -1.85. The minimum atomic E-state index is 0.216. The molecule has 2 N–H and O–H groups in total. The smallest absolute Gasteiger partial charge is 0.247 e.